The van der Waals surface area contributed by atoms with Crippen LogP contribution in [0.15, 0.2) is 24.0 Å². The molecule has 1 aromatic rings. The second kappa shape index (κ2) is 8.04. The first-order valence-corrected chi connectivity index (χ1v) is 11.8. The van der Waals surface area contributed by atoms with Crippen LogP contribution in [0.1, 0.15) is 44.2 Å². The first-order valence-electron chi connectivity index (χ1n) is 11.8. The molecule has 2 aliphatic carbocycles. The number of aliphatic hydroxyl groups is 1. The van der Waals surface area contributed by atoms with E-state index in [9.17, 15) is 24.6 Å². The number of likely N-dealkylation sites (tertiary alicyclic amines) is 1. The molecule has 0 unspecified atom stereocenters. The lowest BCUT2D eigenvalue weighted by Gasteiger charge is -2.61. The van der Waals surface area contributed by atoms with Gasteiger partial charge in [-0.25, -0.2) is 4.79 Å². The van der Waals surface area contributed by atoms with Gasteiger partial charge in [0.1, 0.15) is 11.5 Å². The van der Waals surface area contributed by atoms with Gasteiger partial charge >= 0.3 is 11.9 Å². The number of hydrogen-bond donors (Lipinski definition) is 3. The number of ether oxygens (including phenoxy) is 3. The molecule has 1 fully saturated rings. The van der Waals surface area contributed by atoms with E-state index in [0.717, 1.165) is 11.1 Å². The fourth-order valence-electron chi connectivity index (χ4n) is 6.25. The zero-order chi connectivity index (χ0) is 25.3. The molecule has 0 amide bonds. The van der Waals surface area contributed by atoms with Crippen LogP contribution in [0.5, 0.6) is 11.5 Å². The van der Waals surface area contributed by atoms with Gasteiger partial charge in [0.2, 0.25) is 0 Å². The van der Waals surface area contributed by atoms with E-state index in [1.165, 1.54) is 13.8 Å². The highest BCUT2D eigenvalue weighted by Gasteiger charge is 2.72. The molecule has 1 aromatic carbocycles. The number of esters is 2. The summed E-state index contributed by atoms with van der Waals surface area (Å²) in [5, 5.41) is 22.7. The Hall–Kier alpha value is -2.95. The lowest BCUT2D eigenvalue weighted by Crippen LogP contribution is -2.74. The second-order valence-electron chi connectivity index (χ2n) is 10.1. The number of piperidine rings is 1. The van der Waals surface area contributed by atoms with Crippen LogP contribution in [-0.2, 0) is 35.7 Å². The summed E-state index contributed by atoms with van der Waals surface area (Å²) in [5.41, 5.74) is 5.32. The minimum Gasteiger partial charge on any atom is -0.504 e. The highest BCUT2D eigenvalue weighted by molar-refractivity contribution is 5.87. The van der Waals surface area contributed by atoms with Gasteiger partial charge in [0.05, 0.1) is 23.5 Å². The first kappa shape index (κ1) is 23.8. The zero-order valence-electron chi connectivity index (χ0n) is 19.9. The van der Waals surface area contributed by atoms with Gasteiger partial charge in [0, 0.05) is 18.0 Å². The standard InChI is InChI=1S/C25H30N2O8/c1-12(28)15(26)11-19(30)33-13(2)23(31)34-17-6-7-25(32)18-10-14-4-5-16(29)21-20(14)24(25,22(17)35-21)8-9-27(18)3/h4-6,13,15,18,22,29,32H,7-11,26H2,1-3H3/t13-,15-,18+,22-,24-,25+/m0/s1. The molecule has 6 atom stereocenters. The Morgan fingerprint density at radius 2 is 2.09 bits per heavy atom. The van der Waals surface area contributed by atoms with Crippen molar-refractivity contribution in [2.75, 3.05) is 13.6 Å². The van der Waals surface area contributed by atoms with Gasteiger partial charge in [-0.05, 0) is 58.0 Å². The molecular weight excluding hydrogens is 456 g/mol. The lowest BCUT2D eigenvalue weighted by atomic mass is 9.50. The van der Waals surface area contributed by atoms with Crippen LogP contribution in [0.3, 0.4) is 0 Å². The predicted molar refractivity (Wildman–Crippen MR) is 122 cm³/mol. The largest absolute Gasteiger partial charge is 0.504 e. The summed E-state index contributed by atoms with van der Waals surface area (Å²) in [4.78, 5) is 38.3. The van der Waals surface area contributed by atoms with Gasteiger partial charge < -0.3 is 35.1 Å². The highest BCUT2D eigenvalue weighted by atomic mass is 16.6. The van der Waals surface area contributed by atoms with Crippen molar-refractivity contribution >= 4 is 17.7 Å². The smallest absolute Gasteiger partial charge is 0.352 e. The van der Waals surface area contributed by atoms with Gasteiger partial charge in [-0.3, -0.25) is 9.59 Å². The minimum atomic E-state index is -1.25. The predicted octanol–water partition coefficient (Wildman–Crippen LogP) is 0.451. The quantitative estimate of drug-likeness (QED) is 0.484. The molecule has 35 heavy (non-hydrogen) atoms. The Bertz CT molecular complexity index is 1150. The van der Waals surface area contributed by atoms with Crippen molar-refractivity contribution < 1.29 is 38.8 Å². The number of carbonyl (C=O) groups is 3. The molecule has 2 heterocycles. The van der Waals surface area contributed by atoms with Crippen LogP contribution >= 0.6 is 0 Å². The molecule has 0 aromatic heterocycles. The molecule has 0 radical (unpaired) electrons. The maximum absolute atomic E-state index is 12.8. The van der Waals surface area contributed by atoms with E-state index in [-0.39, 0.29) is 36.2 Å². The fourth-order valence-corrected chi connectivity index (χ4v) is 6.25. The molecule has 2 bridgehead atoms. The van der Waals surface area contributed by atoms with E-state index < -0.39 is 41.2 Å². The van der Waals surface area contributed by atoms with E-state index in [2.05, 4.69) is 4.90 Å². The zero-order valence-corrected chi connectivity index (χ0v) is 19.9. The first-order chi connectivity index (χ1) is 16.5. The number of benzene rings is 1. The van der Waals surface area contributed by atoms with Crippen molar-refractivity contribution in [3.05, 3.63) is 35.1 Å². The van der Waals surface area contributed by atoms with Crippen molar-refractivity contribution in [1.82, 2.24) is 4.90 Å². The van der Waals surface area contributed by atoms with Crippen LogP contribution in [0.2, 0.25) is 0 Å². The Balaban J connectivity index is 1.42. The SMILES string of the molecule is CC(=O)[C@@H](N)CC(=O)O[C@@H](C)C(=O)OC1=CC[C@@]2(O)[C@H]3Cc4ccc(O)c5c4[C@@]2(CCN3C)[C@H]1O5. The molecule has 2 aliphatic heterocycles. The average Bonchev–Trinajstić information content (AvgIpc) is 3.15. The topological polar surface area (TPSA) is 149 Å². The summed E-state index contributed by atoms with van der Waals surface area (Å²) in [6, 6.07) is 2.29. The molecule has 1 spiro atoms. The number of phenolic OH excluding ortho intramolecular Hbond substituents is 1. The van der Waals surface area contributed by atoms with Crippen LogP contribution in [0, 0.1) is 0 Å². The summed E-state index contributed by atoms with van der Waals surface area (Å²) in [6.07, 6.45) is 0.646. The van der Waals surface area contributed by atoms with Crippen molar-refractivity contribution in [2.24, 2.45) is 5.73 Å². The molecule has 10 heteroatoms. The fraction of sp³-hybridized carbons (Fsp3) is 0.560. The molecule has 5 rings (SSSR count). The van der Waals surface area contributed by atoms with Crippen molar-refractivity contribution in [3.8, 4) is 11.5 Å². The van der Waals surface area contributed by atoms with Gasteiger partial charge in [-0.2, -0.15) is 0 Å². The van der Waals surface area contributed by atoms with Crippen molar-refractivity contribution in [2.45, 2.75) is 74.8 Å². The minimum absolute atomic E-state index is 0.0259. The maximum atomic E-state index is 12.8. The number of nitrogens with two attached hydrogens (primary N) is 1. The van der Waals surface area contributed by atoms with Gasteiger partial charge in [0.25, 0.3) is 0 Å². The third kappa shape index (κ3) is 3.30. The van der Waals surface area contributed by atoms with Gasteiger partial charge in [-0.15, -0.1) is 0 Å². The molecule has 188 valence electrons. The van der Waals surface area contributed by atoms with Crippen molar-refractivity contribution in [1.29, 1.82) is 0 Å². The molecule has 10 nitrogen and oxygen atoms in total. The lowest BCUT2D eigenvalue weighted by molar-refractivity contribution is -0.175. The summed E-state index contributed by atoms with van der Waals surface area (Å²) in [7, 11) is 1.99. The number of ketones is 1. The molecular formula is C25H30N2O8. The Morgan fingerprint density at radius 1 is 1.34 bits per heavy atom. The second-order valence-corrected chi connectivity index (χ2v) is 10.1. The highest BCUT2D eigenvalue weighted by Crippen LogP contribution is 2.65. The van der Waals surface area contributed by atoms with Crippen LogP contribution < -0.4 is 10.5 Å². The van der Waals surface area contributed by atoms with E-state index in [1.807, 2.05) is 13.1 Å². The van der Waals surface area contributed by atoms with E-state index in [4.69, 9.17) is 19.9 Å². The van der Waals surface area contributed by atoms with Crippen LogP contribution in [-0.4, -0.2) is 76.3 Å². The number of hydrogen-bond acceptors (Lipinski definition) is 10. The number of aromatic hydroxyl groups is 1. The van der Waals surface area contributed by atoms with Crippen LogP contribution in [0.4, 0.5) is 0 Å². The van der Waals surface area contributed by atoms with Crippen LogP contribution in [0.25, 0.3) is 0 Å². The number of phenols is 1. The summed E-state index contributed by atoms with van der Waals surface area (Å²) >= 11 is 0. The van der Waals surface area contributed by atoms with E-state index in [0.29, 0.717) is 25.1 Å². The average molecular weight is 487 g/mol. The Kier molecular flexibility index (Phi) is 5.46. The summed E-state index contributed by atoms with van der Waals surface area (Å²) < 4.78 is 17.0. The summed E-state index contributed by atoms with van der Waals surface area (Å²) in [6.45, 7) is 3.35. The molecule has 0 saturated carbocycles. The van der Waals surface area contributed by atoms with Gasteiger partial charge in [-0.1, -0.05) is 6.07 Å². The molecule has 4 N–H and O–H groups in total. The summed E-state index contributed by atoms with van der Waals surface area (Å²) in [5.74, 6) is -1.45. The maximum Gasteiger partial charge on any atom is 0.352 e. The van der Waals surface area contributed by atoms with E-state index in [1.54, 1.807) is 12.1 Å². The monoisotopic (exact) mass is 486 g/mol. The number of Topliss-reactive ketones (excluding diaryl/α,β-unsaturated/α-hetero) is 1. The normalized spacial score (nSPS) is 32.0. The third-order valence-corrected chi connectivity index (χ3v) is 8.12. The van der Waals surface area contributed by atoms with Crippen molar-refractivity contribution in [3.63, 3.8) is 0 Å². The van der Waals surface area contributed by atoms with Gasteiger partial charge in [0.15, 0.2) is 23.7 Å². The number of nitrogens with zero attached hydrogens (tertiary/aromatic N) is 1. The number of rotatable bonds is 6. The number of carbonyl (C=O) groups excluding carboxylic acids is 3. The Morgan fingerprint density at radius 3 is 2.80 bits per heavy atom. The third-order valence-electron chi connectivity index (χ3n) is 8.12. The number of likely N-dealkylation sites (N-methyl/N-ethyl adjacent to an activating group) is 1. The van der Waals surface area contributed by atoms with E-state index >= 15 is 0 Å². The Labute approximate surface area is 202 Å². The molecule has 4 aliphatic rings. The molecule has 1 saturated heterocycles.